The molecule has 0 unspecified atom stereocenters. The predicted octanol–water partition coefficient (Wildman–Crippen LogP) is 1.58. The number of nitrogens with one attached hydrogen (secondary N) is 1. The molecule has 0 heterocycles. The predicted molar refractivity (Wildman–Crippen MR) is 62.8 cm³/mol. The molecule has 4 nitrogen and oxygen atoms in total. The smallest absolute Gasteiger partial charge is 0.305 e. The molecule has 16 heavy (non-hydrogen) atoms. The Labute approximate surface area is 96.4 Å². The molecule has 0 rings (SSSR count). The topological polar surface area (TPSA) is 55.4 Å². The lowest BCUT2D eigenvalue weighted by molar-refractivity contribution is -0.143. The van der Waals surface area contributed by atoms with Gasteiger partial charge in [0.05, 0.1) is 6.61 Å². The highest BCUT2D eigenvalue weighted by Gasteiger charge is 2.01. The van der Waals surface area contributed by atoms with E-state index in [1.807, 2.05) is 13.0 Å². The molecule has 4 heteroatoms. The largest absolute Gasteiger partial charge is 0.466 e. The number of hydrogen-bond donors (Lipinski definition) is 1. The summed E-state index contributed by atoms with van der Waals surface area (Å²) < 4.78 is 4.75. The molecule has 0 aromatic carbocycles. The Morgan fingerprint density at radius 3 is 2.69 bits per heavy atom. The van der Waals surface area contributed by atoms with Gasteiger partial charge in [-0.15, -0.1) is 0 Å². The van der Waals surface area contributed by atoms with Crippen LogP contribution in [-0.2, 0) is 14.3 Å². The van der Waals surface area contributed by atoms with Gasteiger partial charge in [-0.2, -0.15) is 0 Å². The molecule has 0 aromatic heterocycles. The summed E-state index contributed by atoms with van der Waals surface area (Å²) in [6, 6.07) is 0. The summed E-state index contributed by atoms with van der Waals surface area (Å²) in [5, 5.41) is 2.67. The number of ether oxygens (including phenoxy) is 1. The van der Waals surface area contributed by atoms with Crippen molar-refractivity contribution in [1.82, 2.24) is 5.32 Å². The lowest BCUT2D eigenvalue weighted by Gasteiger charge is -2.02. The first-order valence-electron chi connectivity index (χ1n) is 5.43. The average Bonchev–Trinajstić information content (AvgIpc) is 2.25. The van der Waals surface area contributed by atoms with Crippen molar-refractivity contribution < 1.29 is 14.3 Å². The Bertz CT molecular complexity index is 269. The summed E-state index contributed by atoms with van der Waals surface area (Å²) in [7, 11) is 0. The molecule has 0 aliphatic carbocycles. The van der Waals surface area contributed by atoms with Gasteiger partial charge in [0.15, 0.2) is 0 Å². The van der Waals surface area contributed by atoms with Gasteiger partial charge in [-0.1, -0.05) is 18.2 Å². The maximum absolute atomic E-state index is 11.1. The Balaban J connectivity index is 3.51. The zero-order valence-electron chi connectivity index (χ0n) is 9.86. The first-order chi connectivity index (χ1) is 7.70. The normalized spacial score (nSPS) is 10.9. The number of rotatable bonds is 7. The standard InChI is InChI=1S/C12H19NO3/c1-3-5-6-8-11(14)13-10-7-9-12(15)16-4-2/h3,5-6,8H,4,7,9-10H2,1-2H3,(H,13,14). The molecule has 0 aliphatic heterocycles. The van der Waals surface area contributed by atoms with Crippen molar-refractivity contribution in [2.45, 2.75) is 26.7 Å². The second-order valence-corrected chi connectivity index (χ2v) is 3.08. The molecule has 0 saturated heterocycles. The Hall–Kier alpha value is -1.58. The number of hydrogen-bond acceptors (Lipinski definition) is 3. The van der Waals surface area contributed by atoms with Crippen LogP contribution in [0, 0.1) is 0 Å². The molecule has 1 amide bonds. The first-order valence-corrected chi connectivity index (χ1v) is 5.43. The minimum atomic E-state index is -0.221. The fourth-order valence-corrected chi connectivity index (χ4v) is 0.990. The highest BCUT2D eigenvalue weighted by atomic mass is 16.5. The molecular weight excluding hydrogens is 206 g/mol. The van der Waals surface area contributed by atoms with Gasteiger partial charge in [0.25, 0.3) is 0 Å². The van der Waals surface area contributed by atoms with Crippen LogP contribution in [0.1, 0.15) is 26.7 Å². The van der Waals surface area contributed by atoms with Gasteiger partial charge in [-0.05, 0) is 20.3 Å². The lowest BCUT2D eigenvalue weighted by atomic mass is 10.3. The van der Waals surface area contributed by atoms with Crippen molar-refractivity contribution >= 4 is 11.9 Å². The highest BCUT2D eigenvalue weighted by Crippen LogP contribution is 1.91. The third kappa shape index (κ3) is 8.99. The van der Waals surface area contributed by atoms with Crippen molar-refractivity contribution in [2.75, 3.05) is 13.2 Å². The molecule has 0 bridgehead atoms. The Kier molecular flexibility index (Phi) is 8.97. The van der Waals surface area contributed by atoms with Crippen LogP contribution in [0.4, 0.5) is 0 Å². The van der Waals surface area contributed by atoms with Crippen LogP contribution < -0.4 is 5.32 Å². The van der Waals surface area contributed by atoms with Crippen LogP contribution in [-0.4, -0.2) is 25.0 Å². The minimum absolute atomic E-state index is 0.151. The van der Waals surface area contributed by atoms with E-state index in [9.17, 15) is 9.59 Å². The molecule has 1 N–H and O–H groups in total. The van der Waals surface area contributed by atoms with Gasteiger partial charge >= 0.3 is 5.97 Å². The SMILES string of the molecule is CC=CC=CC(=O)NCCCC(=O)OCC. The zero-order chi connectivity index (χ0) is 12.2. The molecule has 0 spiro atoms. The van der Waals surface area contributed by atoms with E-state index in [0.717, 1.165) is 0 Å². The Morgan fingerprint density at radius 2 is 2.06 bits per heavy atom. The Morgan fingerprint density at radius 1 is 1.31 bits per heavy atom. The second-order valence-electron chi connectivity index (χ2n) is 3.08. The number of carbonyl (C=O) groups excluding carboxylic acids is 2. The summed E-state index contributed by atoms with van der Waals surface area (Å²) >= 11 is 0. The van der Waals surface area contributed by atoms with E-state index in [4.69, 9.17) is 4.74 Å². The van der Waals surface area contributed by atoms with E-state index in [-0.39, 0.29) is 11.9 Å². The quantitative estimate of drug-likeness (QED) is 0.310. The van der Waals surface area contributed by atoms with Crippen LogP contribution in [0.3, 0.4) is 0 Å². The molecule has 0 saturated carbocycles. The van der Waals surface area contributed by atoms with E-state index >= 15 is 0 Å². The van der Waals surface area contributed by atoms with Crippen LogP contribution in [0.25, 0.3) is 0 Å². The first kappa shape index (κ1) is 14.4. The zero-order valence-corrected chi connectivity index (χ0v) is 9.86. The van der Waals surface area contributed by atoms with Crippen LogP contribution in [0.5, 0.6) is 0 Å². The van der Waals surface area contributed by atoms with E-state index < -0.39 is 0 Å². The fraction of sp³-hybridized carbons (Fsp3) is 0.500. The van der Waals surface area contributed by atoms with Crippen LogP contribution >= 0.6 is 0 Å². The van der Waals surface area contributed by atoms with Crippen molar-refractivity contribution in [3.05, 3.63) is 24.3 Å². The maximum atomic E-state index is 11.1. The van der Waals surface area contributed by atoms with E-state index in [1.165, 1.54) is 6.08 Å². The molecule has 0 radical (unpaired) electrons. The number of carbonyl (C=O) groups is 2. The molecule has 0 aliphatic rings. The fourth-order valence-electron chi connectivity index (χ4n) is 0.990. The lowest BCUT2D eigenvalue weighted by Crippen LogP contribution is -2.22. The summed E-state index contributed by atoms with van der Waals surface area (Å²) in [4.78, 5) is 22.1. The summed E-state index contributed by atoms with van der Waals surface area (Å²) in [6.07, 6.45) is 7.67. The van der Waals surface area contributed by atoms with Gasteiger partial charge in [-0.25, -0.2) is 0 Å². The third-order valence-electron chi connectivity index (χ3n) is 1.71. The minimum Gasteiger partial charge on any atom is -0.466 e. The van der Waals surface area contributed by atoms with E-state index in [0.29, 0.717) is 26.0 Å². The molecule has 0 atom stereocenters. The van der Waals surface area contributed by atoms with Gasteiger partial charge in [0.1, 0.15) is 0 Å². The average molecular weight is 225 g/mol. The number of allylic oxidation sites excluding steroid dienone is 3. The van der Waals surface area contributed by atoms with Crippen LogP contribution in [0.15, 0.2) is 24.3 Å². The summed E-state index contributed by atoms with van der Waals surface area (Å²) in [5.74, 6) is -0.372. The number of amides is 1. The monoisotopic (exact) mass is 225 g/mol. The molecule has 90 valence electrons. The van der Waals surface area contributed by atoms with E-state index in [1.54, 1.807) is 19.1 Å². The summed E-state index contributed by atoms with van der Waals surface area (Å²) in [5.41, 5.74) is 0. The third-order valence-corrected chi connectivity index (χ3v) is 1.71. The second kappa shape index (κ2) is 9.96. The van der Waals surface area contributed by atoms with Crippen molar-refractivity contribution in [3.8, 4) is 0 Å². The van der Waals surface area contributed by atoms with Crippen molar-refractivity contribution in [2.24, 2.45) is 0 Å². The molecule has 0 fully saturated rings. The van der Waals surface area contributed by atoms with Crippen LogP contribution in [0.2, 0.25) is 0 Å². The molecular formula is C12H19NO3. The van der Waals surface area contributed by atoms with Gasteiger partial charge in [0.2, 0.25) is 5.91 Å². The van der Waals surface area contributed by atoms with Crippen molar-refractivity contribution in [3.63, 3.8) is 0 Å². The summed E-state index contributed by atoms with van der Waals surface area (Å²) in [6.45, 7) is 4.53. The van der Waals surface area contributed by atoms with Gasteiger partial charge < -0.3 is 10.1 Å². The molecule has 0 aromatic rings. The number of esters is 1. The maximum Gasteiger partial charge on any atom is 0.305 e. The highest BCUT2D eigenvalue weighted by molar-refractivity contribution is 5.87. The van der Waals surface area contributed by atoms with Gasteiger partial charge in [0, 0.05) is 19.0 Å². The van der Waals surface area contributed by atoms with Gasteiger partial charge in [-0.3, -0.25) is 9.59 Å². The van der Waals surface area contributed by atoms with E-state index in [2.05, 4.69) is 5.32 Å². The van der Waals surface area contributed by atoms with Crippen molar-refractivity contribution in [1.29, 1.82) is 0 Å².